The van der Waals surface area contributed by atoms with E-state index in [1.54, 1.807) is 0 Å². The minimum Gasteiger partial charge on any atom is -0.459 e. The molecule has 4 rings (SSSR count). The number of nitrogens with zero attached hydrogens (tertiary/aromatic N) is 2. The van der Waals surface area contributed by atoms with E-state index in [-0.39, 0.29) is 6.10 Å². The second-order valence-corrected chi connectivity index (χ2v) is 11.9. The number of aliphatic hydroxyl groups is 1. The average molecular weight is 464 g/mol. The van der Waals surface area contributed by atoms with Crippen molar-refractivity contribution in [2.24, 2.45) is 11.8 Å². The van der Waals surface area contributed by atoms with Gasteiger partial charge in [0.1, 0.15) is 6.10 Å². The molecule has 170 valence electrons. The Morgan fingerprint density at radius 3 is 2.39 bits per heavy atom. The monoisotopic (exact) mass is 463 g/mol. The summed E-state index contributed by atoms with van der Waals surface area (Å²) in [6, 6.07) is 7.90. The Hall–Kier alpha value is -1.25. The van der Waals surface area contributed by atoms with Crippen LogP contribution in [-0.4, -0.2) is 73.9 Å². The van der Waals surface area contributed by atoms with Crippen LogP contribution in [0.25, 0.3) is 0 Å². The zero-order valence-electron chi connectivity index (χ0n) is 19.0. The molecule has 2 saturated carbocycles. The van der Waals surface area contributed by atoms with E-state index in [1.165, 1.54) is 29.1 Å². The molecule has 5 nitrogen and oxygen atoms in total. The number of quaternary nitrogens is 1. The van der Waals surface area contributed by atoms with Gasteiger partial charge in [0.2, 0.25) is 5.60 Å². The molecule has 7 heteroatoms. The largest absolute Gasteiger partial charge is 0.459 e. The average Bonchev–Trinajstić information content (AvgIpc) is 3.51. The van der Waals surface area contributed by atoms with Gasteiger partial charge in [0.05, 0.1) is 36.4 Å². The van der Waals surface area contributed by atoms with Crippen LogP contribution < -0.4 is 0 Å². The number of carbonyl (C=O) groups excluding carboxylic acids is 1. The first-order chi connectivity index (χ1) is 14.7. The summed E-state index contributed by atoms with van der Waals surface area (Å²) >= 11 is 2.79. The number of fused-ring (bicyclic) bond motifs is 2. The second kappa shape index (κ2) is 8.94. The van der Waals surface area contributed by atoms with Crippen LogP contribution in [0.1, 0.15) is 35.4 Å². The first kappa shape index (κ1) is 22.9. The van der Waals surface area contributed by atoms with Gasteiger partial charge in [0.25, 0.3) is 0 Å². The number of esters is 1. The lowest BCUT2D eigenvalue weighted by atomic mass is 9.96. The lowest BCUT2D eigenvalue weighted by molar-refractivity contribution is -0.919. The van der Waals surface area contributed by atoms with E-state index in [0.717, 1.165) is 36.8 Å². The van der Waals surface area contributed by atoms with Crippen molar-refractivity contribution < 1.29 is 19.1 Å². The fraction of sp³-hybridized carbons (Fsp3) is 0.625. The molecular formula is C24H35N2O3S2+. The van der Waals surface area contributed by atoms with Crippen LogP contribution in [0.2, 0.25) is 0 Å². The molecule has 2 bridgehead atoms. The first-order valence-corrected chi connectivity index (χ1v) is 13.0. The molecule has 31 heavy (non-hydrogen) atoms. The summed E-state index contributed by atoms with van der Waals surface area (Å²) in [4.78, 5) is 16.9. The predicted molar refractivity (Wildman–Crippen MR) is 126 cm³/mol. The highest BCUT2D eigenvalue weighted by Gasteiger charge is 2.58. The van der Waals surface area contributed by atoms with E-state index >= 15 is 0 Å². The molecule has 2 aliphatic carbocycles. The van der Waals surface area contributed by atoms with Crippen molar-refractivity contribution in [1.29, 1.82) is 0 Å². The van der Waals surface area contributed by atoms with Gasteiger partial charge < -0.3 is 19.2 Å². The fourth-order valence-electron chi connectivity index (χ4n) is 5.92. The number of thiophene rings is 2. The molecule has 2 aromatic heterocycles. The molecule has 4 atom stereocenters. The maximum atomic E-state index is 13.4. The predicted octanol–water partition coefficient (Wildman–Crippen LogP) is 3.78. The molecule has 0 saturated heterocycles. The molecule has 2 heterocycles. The zero-order chi connectivity index (χ0) is 22.2. The Kier molecular flexibility index (Phi) is 6.62. The fourth-order valence-corrected chi connectivity index (χ4v) is 7.63. The van der Waals surface area contributed by atoms with Crippen LogP contribution in [-0.2, 0) is 15.1 Å². The quantitative estimate of drug-likeness (QED) is 0.454. The van der Waals surface area contributed by atoms with Gasteiger partial charge in [-0.3, -0.25) is 0 Å². The van der Waals surface area contributed by atoms with Gasteiger partial charge in [-0.05, 0) is 56.3 Å². The normalized spacial score (nSPS) is 26.0. The molecule has 2 fully saturated rings. The van der Waals surface area contributed by atoms with Gasteiger partial charge in [0.15, 0.2) is 0 Å². The molecule has 0 aromatic carbocycles. The third kappa shape index (κ3) is 4.35. The van der Waals surface area contributed by atoms with E-state index in [4.69, 9.17) is 4.74 Å². The lowest BCUT2D eigenvalue weighted by Gasteiger charge is -2.39. The van der Waals surface area contributed by atoms with E-state index in [9.17, 15) is 9.90 Å². The third-order valence-electron chi connectivity index (χ3n) is 7.26. The van der Waals surface area contributed by atoms with Crippen LogP contribution in [0.4, 0.5) is 0 Å². The number of hydrogen-bond donors (Lipinski definition) is 1. The highest BCUT2D eigenvalue weighted by Crippen LogP contribution is 2.51. The summed E-state index contributed by atoms with van der Waals surface area (Å²) in [5.74, 6) is 0.444. The van der Waals surface area contributed by atoms with Gasteiger partial charge in [-0.1, -0.05) is 12.1 Å². The van der Waals surface area contributed by atoms with Gasteiger partial charge >= 0.3 is 5.97 Å². The van der Waals surface area contributed by atoms with E-state index in [1.807, 2.05) is 35.0 Å². The van der Waals surface area contributed by atoms with Crippen LogP contribution in [0.3, 0.4) is 0 Å². The summed E-state index contributed by atoms with van der Waals surface area (Å²) in [6.45, 7) is 2.22. The zero-order valence-corrected chi connectivity index (χ0v) is 20.6. The SMILES string of the molecule is CN(C)CCC[N+](C)(C)C1C2CC[C@@H]1[C@H](OC(=O)C(O)(c1cccs1)c1cccs1)C2. The summed E-state index contributed by atoms with van der Waals surface area (Å²) < 4.78 is 7.12. The molecular weight excluding hydrogens is 428 g/mol. The Morgan fingerprint density at radius 1 is 1.19 bits per heavy atom. The molecule has 2 unspecified atom stereocenters. The summed E-state index contributed by atoms with van der Waals surface area (Å²) in [5, 5.41) is 15.3. The third-order valence-corrected chi connectivity index (χ3v) is 9.22. The number of carbonyl (C=O) groups is 1. The molecule has 2 aliphatic rings. The molecule has 0 aliphatic heterocycles. The maximum Gasteiger partial charge on any atom is 0.349 e. The number of hydrogen-bond acceptors (Lipinski definition) is 6. The molecule has 1 N–H and O–H groups in total. The van der Waals surface area contributed by atoms with Crippen LogP contribution in [0.15, 0.2) is 35.0 Å². The standard InChI is InChI=1S/C24H35N2O3S2/c1-25(2)12-7-13-26(3,4)22-17-10-11-18(22)19(16-17)29-23(27)24(28,20-8-5-14-30-20)21-9-6-15-31-21/h5-6,8-9,14-15,17-19,22,28H,7,10-13,16H2,1-4H3/q+1/t17?,18-,19-,22?/m1/s1. The van der Waals surface area contributed by atoms with E-state index in [0.29, 0.717) is 27.6 Å². The van der Waals surface area contributed by atoms with Gasteiger partial charge in [0, 0.05) is 24.8 Å². The highest BCUT2D eigenvalue weighted by atomic mass is 32.1. The number of ether oxygens (including phenoxy) is 1. The van der Waals surface area contributed by atoms with E-state index < -0.39 is 11.6 Å². The van der Waals surface area contributed by atoms with Crippen molar-refractivity contribution in [3.05, 3.63) is 44.8 Å². The van der Waals surface area contributed by atoms with Crippen molar-refractivity contribution in [3.8, 4) is 0 Å². The Bertz CT molecular complexity index is 829. The van der Waals surface area contributed by atoms with Gasteiger partial charge in [-0.15, -0.1) is 22.7 Å². The van der Waals surface area contributed by atoms with Crippen LogP contribution in [0, 0.1) is 11.8 Å². The Labute approximate surface area is 193 Å². The molecule has 2 aromatic rings. The summed E-state index contributed by atoms with van der Waals surface area (Å²) in [5.41, 5.74) is -1.71. The Morgan fingerprint density at radius 2 is 1.84 bits per heavy atom. The minimum absolute atomic E-state index is 0.103. The van der Waals surface area contributed by atoms with Crippen molar-refractivity contribution in [2.45, 2.75) is 43.4 Å². The topological polar surface area (TPSA) is 49.8 Å². The molecule has 0 radical (unpaired) electrons. The van der Waals surface area contributed by atoms with Crippen LogP contribution in [0.5, 0.6) is 0 Å². The molecule has 0 amide bonds. The first-order valence-electron chi connectivity index (χ1n) is 11.2. The maximum absolute atomic E-state index is 13.4. The Balaban J connectivity index is 1.49. The van der Waals surface area contributed by atoms with Crippen LogP contribution >= 0.6 is 22.7 Å². The van der Waals surface area contributed by atoms with Gasteiger partial charge in [-0.25, -0.2) is 4.79 Å². The molecule has 0 spiro atoms. The van der Waals surface area contributed by atoms with E-state index in [2.05, 4.69) is 33.1 Å². The highest BCUT2D eigenvalue weighted by molar-refractivity contribution is 7.12. The van der Waals surface area contributed by atoms with Crippen molar-refractivity contribution >= 4 is 28.6 Å². The van der Waals surface area contributed by atoms with Gasteiger partial charge in [-0.2, -0.15) is 0 Å². The van der Waals surface area contributed by atoms with Crippen molar-refractivity contribution in [1.82, 2.24) is 4.90 Å². The smallest absolute Gasteiger partial charge is 0.349 e. The summed E-state index contributed by atoms with van der Waals surface area (Å²) in [7, 11) is 8.92. The minimum atomic E-state index is -1.71. The number of rotatable bonds is 9. The van der Waals surface area contributed by atoms with Crippen molar-refractivity contribution in [3.63, 3.8) is 0 Å². The summed E-state index contributed by atoms with van der Waals surface area (Å²) in [6.07, 6.45) is 4.31. The lowest BCUT2D eigenvalue weighted by Crippen LogP contribution is -2.53. The second-order valence-electron chi connectivity index (χ2n) is 10.00. The van der Waals surface area contributed by atoms with Crippen molar-refractivity contribution in [2.75, 3.05) is 41.3 Å².